The highest BCUT2D eigenvalue weighted by Crippen LogP contribution is 2.21. The molecule has 1 aromatic heterocycles. The lowest BCUT2D eigenvalue weighted by Crippen LogP contribution is -2.37. The molecule has 0 bridgehead atoms. The van der Waals surface area contributed by atoms with Crippen LogP contribution in [-0.2, 0) is 11.3 Å². The Labute approximate surface area is 138 Å². The van der Waals surface area contributed by atoms with Crippen LogP contribution in [0.2, 0.25) is 0 Å². The molecule has 0 spiro atoms. The van der Waals surface area contributed by atoms with Crippen molar-refractivity contribution in [1.82, 2.24) is 14.8 Å². The minimum atomic E-state index is 0.234. The highest BCUT2D eigenvalue weighted by Gasteiger charge is 2.20. The van der Waals surface area contributed by atoms with Gasteiger partial charge in [0.1, 0.15) is 0 Å². The Hall–Kier alpha value is -0.940. The first kappa shape index (κ1) is 17.4. The first-order valence-corrected chi connectivity index (χ1v) is 9.24. The van der Waals surface area contributed by atoms with E-state index in [2.05, 4.69) is 36.2 Å². The summed E-state index contributed by atoms with van der Waals surface area (Å²) in [6.45, 7) is 6.10. The van der Waals surface area contributed by atoms with Crippen LogP contribution in [0.25, 0.3) is 0 Å². The molecule has 0 radical (unpaired) electrons. The Morgan fingerprint density at radius 3 is 2.91 bits per heavy atom. The number of thiazole rings is 1. The number of rotatable bonds is 6. The predicted molar refractivity (Wildman–Crippen MR) is 92.2 cm³/mol. The molecular formula is C17H29N3OS. The molecule has 1 saturated heterocycles. The van der Waals surface area contributed by atoms with Crippen molar-refractivity contribution in [2.75, 3.05) is 20.6 Å². The van der Waals surface area contributed by atoms with Crippen LogP contribution in [0.1, 0.15) is 62.6 Å². The molecule has 0 aromatic carbocycles. The smallest absolute Gasteiger partial charge is 0.222 e. The Bertz CT molecular complexity index is 486. The molecule has 2 rings (SSSR count). The molecule has 1 amide bonds. The Kier molecular flexibility index (Phi) is 6.38. The van der Waals surface area contributed by atoms with Crippen LogP contribution in [0, 0.1) is 0 Å². The van der Waals surface area contributed by atoms with Crippen LogP contribution in [0.4, 0.5) is 0 Å². The normalized spacial score (nSPS) is 19.6. The van der Waals surface area contributed by atoms with Gasteiger partial charge >= 0.3 is 0 Å². The molecule has 1 aliphatic heterocycles. The fourth-order valence-corrected chi connectivity index (χ4v) is 3.81. The van der Waals surface area contributed by atoms with Gasteiger partial charge in [0.15, 0.2) is 0 Å². The van der Waals surface area contributed by atoms with Gasteiger partial charge in [-0.25, -0.2) is 4.98 Å². The van der Waals surface area contributed by atoms with Gasteiger partial charge in [0.2, 0.25) is 5.91 Å². The zero-order chi connectivity index (χ0) is 16.1. The van der Waals surface area contributed by atoms with E-state index in [0.717, 1.165) is 17.1 Å². The van der Waals surface area contributed by atoms with Gasteiger partial charge < -0.3 is 9.80 Å². The van der Waals surface area contributed by atoms with Crippen LogP contribution in [-0.4, -0.2) is 47.4 Å². The number of carbonyl (C=O) groups is 1. The van der Waals surface area contributed by atoms with E-state index in [1.807, 2.05) is 11.9 Å². The fourth-order valence-electron chi connectivity index (χ4n) is 2.98. The molecule has 124 valence electrons. The first-order chi connectivity index (χ1) is 10.5. The van der Waals surface area contributed by atoms with Crippen molar-refractivity contribution < 1.29 is 4.79 Å². The number of aromatic nitrogens is 1. The van der Waals surface area contributed by atoms with Gasteiger partial charge in [-0.1, -0.05) is 20.3 Å². The predicted octanol–water partition coefficient (Wildman–Crippen LogP) is 3.49. The molecule has 1 aliphatic rings. The van der Waals surface area contributed by atoms with Gasteiger partial charge in [0, 0.05) is 30.8 Å². The minimum absolute atomic E-state index is 0.234. The van der Waals surface area contributed by atoms with Gasteiger partial charge in [-0.3, -0.25) is 4.79 Å². The van der Waals surface area contributed by atoms with E-state index in [1.165, 1.54) is 25.8 Å². The summed E-state index contributed by atoms with van der Waals surface area (Å²) in [4.78, 5) is 21.2. The Morgan fingerprint density at radius 1 is 1.50 bits per heavy atom. The lowest BCUT2D eigenvalue weighted by atomic mass is 9.98. The molecule has 4 nitrogen and oxygen atoms in total. The largest absolute Gasteiger partial charge is 0.340 e. The van der Waals surface area contributed by atoms with E-state index in [0.29, 0.717) is 24.9 Å². The summed E-state index contributed by atoms with van der Waals surface area (Å²) >= 11 is 1.69. The summed E-state index contributed by atoms with van der Waals surface area (Å²) in [6, 6.07) is 0.581. The second kappa shape index (κ2) is 8.06. The summed E-state index contributed by atoms with van der Waals surface area (Å²) in [5.41, 5.74) is 1.01. The lowest BCUT2D eigenvalue weighted by molar-refractivity contribution is -0.130. The van der Waals surface area contributed by atoms with Crippen LogP contribution in [0.5, 0.6) is 0 Å². The van der Waals surface area contributed by atoms with Crippen LogP contribution < -0.4 is 0 Å². The average molecular weight is 324 g/mol. The maximum atomic E-state index is 12.3. The van der Waals surface area contributed by atoms with E-state index in [-0.39, 0.29) is 5.91 Å². The number of hydrogen-bond acceptors (Lipinski definition) is 4. The SMILES string of the molecule is CC(C)c1nc(CN(C)C(=O)CCC2CCCCN2C)cs1. The molecule has 1 unspecified atom stereocenters. The molecule has 0 N–H and O–H groups in total. The van der Waals surface area contributed by atoms with Crippen molar-refractivity contribution >= 4 is 17.2 Å². The maximum absolute atomic E-state index is 12.3. The average Bonchev–Trinajstić information content (AvgIpc) is 2.94. The summed E-state index contributed by atoms with van der Waals surface area (Å²) < 4.78 is 0. The van der Waals surface area contributed by atoms with Gasteiger partial charge in [0.05, 0.1) is 17.2 Å². The van der Waals surface area contributed by atoms with Crippen molar-refractivity contribution in [2.45, 2.75) is 64.5 Å². The van der Waals surface area contributed by atoms with Crippen molar-refractivity contribution in [2.24, 2.45) is 0 Å². The Balaban J connectivity index is 1.78. The minimum Gasteiger partial charge on any atom is -0.340 e. The third-order valence-corrected chi connectivity index (χ3v) is 5.70. The third kappa shape index (κ3) is 4.78. The summed E-state index contributed by atoms with van der Waals surface area (Å²) in [5, 5.41) is 3.23. The number of carbonyl (C=O) groups excluding carboxylic acids is 1. The number of nitrogens with zero attached hydrogens (tertiary/aromatic N) is 3. The number of hydrogen-bond donors (Lipinski definition) is 0. The quantitative estimate of drug-likeness (QED) is 0.804. The molecule has 1 atom stereocenters. The van der Waals surface area contributed by atoms with E-state index in [9.17, 15) is 4.79 Å². The number of likely N-dealkylation sites (tertiary alicyclic amines) is 1. The molecule has 0 saturated carbocycles. The first-order valence-electron chi connectivity index (χ1n) is 8.36. The highest BCUT2D eigenvalue weighted by molar-refractivity contribution is 7.09. The molecule has 1 aromatic rings. The molecule has 0 aliphatic carbocycles. The molecule has 22 heavy (non-hydrogen) atoms. The molecule has 5 heteroatoms. The lowest BCUT2D eigenvalue weighted by Gasteiger charge is -2.32. The molecule has 2 heterocycles. The molecular weight excluding hydrogens is 294 g/mol. The second-order valence-corrected chi connectivity index (χ2v) is 7.64. The zero-order valence-electron chi connectivity index (χ0n) is 14.3. The van der Waals surface area contributed by atoms with E-state index >= 15 is 0 Å². The van der Waals surface area contributed by atoms with Gasteiger partial charge in [0.25, 0.3) is 0 Å². The third-order valence-electron chi connectivity index (χ3n) is 4.50. The number of amides is 1. The van der Waals surface area contributed by atoms with Crippen molar-refractivity contribution in [1.29, 1.82) is 0 Å². The van der Waals surface area contributed by atoms with E-state index < -0.39 is 0 Å². The van der Waals surface area contributed by atoms with Crippen molar-refractivity contribution in [3.63, 3.8) is 0 Å². The van der Waals surface area contributed by atoms with Crippen LogP contribution >= 0.6 is 11.3 Å². The van der Waals surface area contributed by atoms with E-state index in [1.54, 1.807) is 11.3 Å². The highest BCUT2D eigenvalue weighted by atomic mass is 32.1. The maximum Gasteiger partial charge on any atom is 0.222 e. The van der Waals surface area contributed by atoms with Gasteiger partial charge in [-0.05, 0) is 32.9 Å². The van der Waals surface area contributed by atoms with Crippen molar-refractivity contribution in [3.05, 3.63) is 16.1 Å². The summed E-state index contributed by atoms with van der Waals surface area (Å²) in [6.07, 6.45) is 5.46. The molecule has 1 fully saturated rings. The topological polar surface area (TPSA) is 36.4 Å². The van der Waals surface area contributed by atoms with Crippen LogP contribution in [0.15, 0.2) is 5.38 Å². The summed E-state index contributed by atoms with van der Waals surface area (Å²) in [7, 11) is 4.07. The van der Waals surface area contributed by atoms with E-state index in [4.69, 9.17) is 0 Å². The number of piperidine rings is 1. The van der Waals surface area contributed by atoms with Crippen molar-refractivity contribution in [3.8, 4) is 0 Å². The second-order valence-electron chi connectivity index (χ2n) is 6.75. The zero-order valence-corrected chi connectivity index (χ0v) is 15.2. The fraction of sp³-hybridized carbons (Fsp3) is 0.765. The van der Waals surface area contributed by atoms with Crippen LogP contribution in [0.3, 0.4) is 0 Å². The standard InChI is InChI=1S/C17H29N3OS/c1-13(2)17-18-14(12-22-17)11-20(4)16(21)9-8-15-7-5-6-10-19(15)3/h12-13,15H,5-11H2,1-4H3. The monoisotopic (exact) mass is 323 g/mol. The Morgan fingerprint density at radius 2 is 2.27 bits per heavy atom. The van der Waals surface area contributed by atoms with Gasteiger partial charge in [-0.2, -0.15) is 0 Å². The summed E-state index contributed by atoms with van der Waals surface area (Å²) in [5.74, 6) is 0.694. The van der Waals surface area contributed by atoms with Gasteiger partial charge in [-0.15, -0.1) is 11.3 Å².